The van der Waals surface area contributed by atoms with Gasteiger partial charge in [0.1, 0.15) is 5.82 Å². The Morgan fingerprint density at radius 3 is 2.26 bits per heavy atom. The maximum absolute atomic E-state index is 13.6. The zero-order valence-electron chi connectivity index (χ0n) is 28.4. The zero-order valence-corrected chi connectivity index (χ0v) is 29.2. The lowest BCUT2D eigenvalue weighted by molar-refractivity contribution is -0.160. The highest BCUT2D eigenvalue weighted by atomic mass is 32.2. The average Bonchev–Trinajstić information content (AvgIpc) is 2.98. The number of carboxylic acid groups (broad SMARTS) is 1. The SMILES string of the molecule is CSc1nc(N2CCc3cc(-c4c(C)nc(C)c(C(OC(C)(C)C)C(=O)O)c4N4CCC(C)(C)CC4)ccc3C2)cc(C(F)(F)F)n1. The molecular formula is C35H44F3N5O3S. The van der Waals surface area contributed by atoms with Crippen molar-refractivity contribution >= 4 is 29.2 Å². The fraction of sp³-hybridized carbons (Fsp3) is 0.543. The molecule has 12 heteroatoms. The number of piperidine rings is 1. The molecule has 1 saturated heterocycles. The molecule has 1 unspecified atom stereocenters. The van der Waals surface area contributed by atoms with Crippen LogP contribution in [0.25, 0.3) is 11.1 Å². The van der Waals surface area contributed by atoms with Crippen LogP contribution in [0.15, 0.2) is 29.4 Å². The number of aryl methyl sites for hydroxylation is 2. The molecule has 0 spiro atoms. The smallest absolute Gasteiger partial charge is 0.433 e. The van der Waals surface area contributed by atoms with Crippen LogP contribution < -0.4 is 9.80 Å². The van der Waals surface area contributed by atoms with E-state index < -0.39 is 29.5 Å². The Balaban J connectivity index is 1.59. The Kier molecular flexibility index (Phi) is 9.60. The van der Waals surface area contributed by atoms with E-state index in [9.17, 15) is 23.1 Å². The van der Waals surface area contributed by atoms with Crippen molar-refractivity contribution < 1.29 is 27.8 Å². The molecule has 2 aromatic heterocycles. The van der Waals surface area contributed by atoms with Crippen LogP contribution in [0, 0.1) is 19.3 Å². The molecule has 0 amide bonds. The van der Waals surface area contributed by atoms with Gasteiger partial charge in [0.05, 0.1) is 11.3 Å². The average molecular weight is 672 g/mol. The van der Waals surface area contributed by atoms with E-state index in [1.807, 2.05) is 51.7 Å². The first-order chi connectivity index (χ1) is 21.9. The molecule has 1 fully saturated rings. The number of hydrogen-bond donors (Lipinski definition) is 1. The third-order valence-electron chi connectivity index (χ3n) is 8.97. The second-order valence-corrected chi connectivity index (χ2v) is 15.0. The molecule has 47 heavy (non-hydrogen) atoms. The van der Waals surface area contributed by atoms with Crippen molar-refractivity contribution in [2.75, 3.05) is 35.7 Å². The normalized spacial score (nSPS) is 17.4. The van der Waals surface area contributed by atoms with E-state index in [0.29, 0.717) is 30.8 Å². The molecular weight excluding hydrogens is 627 g/mol. The molecule has 1 N–H and O–H groups in total. The minimum atomic E-state index is -4.57. The summed E-state index contributed by atoms with van der Waals surface area (Å²) < 4.78 is 47.0. The quantitative estimate of drug-likeness (QED) is 0.198. The molecule has 4 heterocycles. The number of alkyl halides is 3. The van der Waals surface area contributed by atoms with Crippen LogP contribution in [-0.2, 0) is 28.7 Å². The maximum Gasteiger partial charge on any atom is 0.433 e. The number of aromatic nitrogens is 3. The highest BCUT2D eigenvalue weighted by molar-refractivity contribution is 7.98. The number of ether oxygens (including phenoxy) is 1. The number of benzene rings is 1. The van der Waals surface area contributed by atoms with E-state index in [1.165, 1.54) is 0 Å². The number of aliphatic carboxylic acids is 1. The Morgan fingerprint density at radius 1 is 0.979 bits per heavy atom. The number of thioether (sulfide) groups is 1. The van der Waals surface area contributed by atoms with Crippen molar-refractivity contribution in [3.63, 3.8) is 0 Å². The van der Waals surface area contributed by atoms with Crippen molar-refractivity contribution in [3.8, 4) is 11.1 Å². The number of hydrogen-bond acceptors (Lipinski definition) is 8. The molecule has 0 bridgehead atoms. The van der Waals surface area contributed by atoms with E-state index in [1.54, 1.807) is 6.26 Å². The van der Waals surface area contributed by atoms with Gasteiger partial charge in [0.2, 0.25) is 0 Å². The molecule has 8 nitrogen and oxygen atoms in total. The monoisotopic (exact) mass is 671 g/mol. The van der Waals surface area contributed by atoms with Gasteiger partial charge in [0, 0.05) is 54.8 Å². The summed E-state index contributed by atoms with van der Waals surface area (Å²) in [5.41, 5.74) is 5.27. The van der Waals surface area contributed by atoms with E-state index in [2.05, 4.69) is 34.8 Å². The first kappa shape index (κ1) is 34.9. The van der Waals surface area contributed by atoms with Gasteiger partial charge in [0.25, 0.3) is 0 Å². The largest absolute Gasteiger partial charge is 0.479 e. The Labute approximate surface area is 279 Å². The third kappa shape index (κ3) is 7.69. The van der Waals surface area contributed by atoms with Crippen molar-refractivity contribution in [2.45, 2.75) is 97.3 Å². The van der Waals surface area contributed by atoms with Crippen molar-refractivity contribution in [1.82, 2.24) is 15.0 Å². The first-order valence-corrected chi connectivity index (χ1v) is 17.1. The summed E-state index contributed by atoms with van der Waals surface area (Å²) in [5, 5.41) is 10.6. The molecule has 1 aromatic carbocycles. The molecule has 254 valence electrons. The summed E-state index contributed by atoms with van der Waals surface area (Å²) >= 11 is 1.08. The number of rotatable bonds is 7. The van der Waals surface area contributed by atoms with E-state index in [-0.39, 0.29) is 16.4 Å². The number of halogens is 3. The van der Waals surface area contributed by atoms with Crippen LogP contribution in [-0.4, -0.2) is 57.5 Å². The van der Waals surface area contributed by atoms with Gasteiger partial charge < -0.3 is 19.6 Å². The number of fused-ring (bicyclic) bond motifs is 1. The Bertz CT molecular complexity index is 1660. The zero-order chi connectivity index (χ0) is 34.5. The van der Waals surface area contributed by atoms with Crippen LogP contribution in [0.1, 0.15) is 87.3 Å². The third-order valence-corrected chi connectivity index (χ3v) is 9.51. The molecule has 2 aliphatic rings. The minimum Gasteiger partial charge on any atom is -0.479 e. The topological polar surface area (TPSA) is 91.7 Å². The second kappa shape index (κ2) is 12.9. The number of anilines is 2. The van der Waals surface area contributed by atoms with Gasteiger partial charge in [-0.3, -0.25) is 4.98 Å². The van der Waals surface area contributed by atoms with Gasteiger partial charge in [-0.2, -0.15) is 13.2 Å². The summed E-state index contributed by atoms with van der Waals surface area (Å²) in [5.74, 6) is -0.810. The van der Waals surface area contributed by atoms with Crippen LogP contribution in [0.3, 0.4) is 0 Å². The van der Waals surface area contributed by atoms with Crippen LogP contribution in [0.2, 0.25) is 0 Å². The summed E-state index contributed by atoms with van der Waals surface area (Å²) in [7, 11) is 0. The lowest BCUT2D eigenvalue weighted by atomic mass is 9.81. The highest BCUT2D eigenvalue weighted by Crippen LogP contribution is 2.45. The van der Waals surface area contributed by atoms with E-state index in [4.69, 9.17) is 9.72 Å². The molecule has 2 aliphatic heterocycles. The van der Waals surface area contributed by atoms with Crippen molar-refractivity contribution in [2.24, 2.45) is 5.41 Å². The Morgan fingerprint density at radius 2 is 1.66 bits per heavy atom. The van der Waals surface area contributed by atoms with Gasteiger partial charge in [-0.25, -0.2) is 14.8 Å². The molecule has 1 atom stereocenters. The highest BCUT2D eigenvalue weighted by Gasteiger charge is 2.37. The first-order valence-electron chi connectivity index (χ1n) is 15.9. The lowest BCUT2D eigenvalue weighted by Gasteiger charge is -2.41. The number of carboxylic acids is 1. The number of nitrogens with zero attached hydrogens (tertiary/aromatic N) is 5. The number of carbonyl (C=O) groups is 1. The predicted octanol–water partition coefficient (Wildman–Crippen LogP) is 8.03. The van der Waals surface area contributed by atoms with Crippen LogP contribution in [0.5, 0.6) is 0 Å². The fourth-order valence-electron chi connectivity index (χ4n) is 6.47. The van der Waals surface area contributed by atoms with Crippen molar-refractivity contribution in [3.05, 3.63) is 58.0 Å². The molecule has 3 aromatic rings. The summed E-state index contributed by atoms with van der Waals surface area (Å²) in [6.45, 7) is 16.3. The molecule has 0 saturated carbocycles. The molecule has 0 radical (unpaired) electrons. The number of pyridine rings is 1. The molecule has 0 aliphatic carbocycles. The van der Waals surface area contributed by atoms with Gasteiger partial charge in [-0.1, -0.05) is 43.8 Å². The summed E-state index contributed by atoms with van der Waals surface area (Å²) in [6.07, 6.45) is -1.59. The van der Waals surface area contributed by atoms with Gasteiger partial charge in [-0.15, -0.1) is 0 Å². The van der Waals surface area contributed by atoms with Gasteiger partial charge >= 0.3 is 12.1 Å². The van der Waals surface area contributed by atoms with E-state index >= 15 is 0 Å². The molecule has 5 rings (SSSR count). The predicted molar refractivity (Wildman–Crippen MR) is 179 cm³/mol. The van der Waals surface area contributed by atoms with Gasteiger partial charge in [0.15, 0.2) is 17.0 Å². The lowest BCUT2D eigenvalue weighted by Crippen LogP contribution is -2.39. The standard InChI is InChI=1S/C35H44F3N5O3S/c1-20-27(29(42-15-12-34(6,7)13-16-42)28(21(2)39-20)30(31(44)45)46-33(3,4)5)23-9-10-24-19-43(14-11-22(24)17-23)26-18-25(35(36,37)38)40-32(41-26)47-8/h9-10,17-18,30H,11-16,19H2,1-8H3,(H,44,45). The maximum atomic E-state index is 13.6. The van der Waals surface area contributed by atoms with Crippen LogP contribution in [0.4, 0.5) is 24.7 Å². The summed E-state index contributed by atoms with van der Waals surface area (Å²) in [6, 6.07) is 7.17. The minimum absolute atomic E-state index is 0.0813. The second-order valence-electron chi connectivity index (χ2n) is 14.3. The van der Waals surface area contributed by atoms with Crippen molar-refractivity contribution in [1.29, 1.82) is 0 Å². The fourth-order valence-corrected chi connectivity index (χ4v) is 6.84. The van der Waals surface area contributed by atoms with Gasteiger partial charge in [-0.05, 0) is 82.2 Å². The summed E-state index contributed by atoms with van der Waals surface area (Å²) in [4.78, 5) is 29.9. The Hall–Kier alpha value is -3.38. The van der Waals surface area contributed by atoms with Crippen LogP contribution >= 0.6 is 11.8 Å². The van der Waals surface area contributed by atoms with E-state index in [0.717, 1.165) is 77.4 Å².